The van der Waals surface area contributed by atoms with E-state index in [-0.39, 0.29) is 11.9 Å². The van der Waals surface area contributed by atoms with Crippen LogP contribution in [0.3, 0.4) is 0 Å². The van der Waals surface area contributed by atoms with E-state index in [9.17, 15) is 4.79 Å². The highest BCUT2D eigenvalue weighted by Gasteiger charge is 2.16. The first kappa shape index (κ1) is 14.3. The number of rotatable bonds is 8. The second-order valence-electron chi connectivity index (χ2n) is 3.58. The van der Waals surface area contributed by atoms with E-state index in [1.807, 2.05) is 18.9 Å². The van der Waals surface area contributed by atoms with Crippen molar-refractivity contribution in [3.8, 4) is 0 Å². The molecule has 0 fully saturated rings. The van der Waals surface area contributed by atoms with E-state index in [1.165, 1.54) is 0 Å². The summed E-state index contributed by atoms with van der Waals surface area (Å²) >= 11 is 0. The molecule has 0 heterocycles. The van der Waals surface area contributed by atoms with Crippen molar-refractivity contribution >= 4 is 5.91 Å². The molecule has 0 saturated carbocycles. The van der Waals surface area contributed by atoms with Gasteiger partial charge in [-0.3, -0.25) is 9.69 Å². The van der Waals surface area contributed by atoms with Crippen LogP contribution in [0, 0.1) is 0 Å². The third-order valence-electron chi connectivity index (χ3n) is 2.35. The van der Waals surface area contributed by atoms with Crippen molar-refractivity contribution in [2.45, 2.75) is 19.4 Å². The summed E-state index contributed by atoms with van der Waals surface area (Å²) in [6, 6.07) is -0.129. The molecule has 1 atom stereocenters. The molecule has 0 aromatic heterocycles. The van der Waals surface area contributed by atoms with Gasteiger partial charge in [0.1, 0.15) is 0 Å². The Morgan fingerprint density at radius 2 is 2.27 bits per heavy atom. The molecule has 0 aliphatic heterocycles. The monoisotopic (exact) mass is 217 g/mol. The molecular weight excluding hydrogens is 194 g/mol. The van der Waals surface area contributed by atoms with Gasteiger partial charge in [0.2, 0.25) is 5.91 Å². The minimum atomic E-state index is -0.129. The Balaban J connectivity index is 3.68. The summed E-state index contributed by atoms with van der Waals surface area (Å²) in [5, 5.41) is 2.86. The average Bonchev–Trinajstić information content (AvgIpc) is 2.23. The molecule has 0 aromatic rings. The summed E-state index contributed by atoms with van der Waals surface area (Å²) < 4.78 is 4.89. The topological polar surface area (TPSA) is 67.6 Å². The van der Waals surface area contributed by atoms with Crippen molar-refractivity contribution in [3.63, 3.8) is 0 Å². The summed E-state index contributed by atoms with van der Waals surface area (Å²) in [5.41, 5.74) is 5.42. The van der Waals surface area contributed by atoms with Crippen molar-refractivity contribution in [2.24, 2.45) is 5.73 Å². The van der Waals surface area contributed by atoms with Crippen LogP contribution in [0.15, 0.2) is 0 Å². The van der Waals surface area contributed by atoms with Gasteiger partial charge in [-0.15, -0.1) is 0 Å². The molecule has 1 unspecified atom stereocenters. The molecule has 5 heteroatoms. The van der Waals surface area contributed by atoms with Crippen LogP contribution >= 0.6 is 0 Å². The van der Waals surface area contributed by atoms with Gasteiger partial charge in [-0.25, -0.2) is 0 Å². The van der Waals surface area contributed by atoms with E-state index in [1.54, 1.807) is 7.11 Å². The van der Waals surface area contributed by atoms with Gasteiger partial charge in [0.15, 0.2) is 0 Å². The van der Waals surface area contributed by atoms with Crippen molar-refractivity contribution in [3.05, 3.63) is 0 Å². The highest BCUT2D eigenvalue weighted by molar-refractivity contribution is 5.81. The SMILES string of the molecule is COCCCNC(=O)C(C)N(C)CCN. The number of nitrogens with one attached hydrogen (secondary N) is 1. The molecule has 0 aliphatic rings. The fourth-order valence-corrected chi connectivity index (χ4v) is 1.17. The first-order valence-electron chi connectivity index (χ1n) is 5.30. The van der Waals surface area contributed by atoms with Gasteiger partial charge < -0.3 is 15.8 Å². The lowest BCUT2D eigenvalue weighted by Gasteiger charge is -2.22. The number of nitrogens with two attached hydrogens (primary N) is 1. The number of likely N-dealkylation sites (N-methyl/N-ethyl adjacent to an activating group) is 1. The second kappa shape index (κ2) is 8.64. The third-order valence-corrected chi connectivity index (χ3v) is 2.35. The predicted octanol–water partition coefficient (Wildman–Crippen LogP) is -0.582. The van der Waals surface area contributed by atoms with Crippen LogP contribution in [0.1, 0.15) is 13.3 Å². The Morgan fingerprint density at radius 3 is 2.80 bits per heavy atom. The van der Waals surface area contributed by atoms with Crippen LogP contribution < -0.4 is 11.1 Å². The minimum absolute atomic E-state index is 0.0436. The fraction of sp³-hybridized carbons (Fsp3) is 0.900. The maximum Gasteiger partial charge on any atom is 0.237 e. The lowest BCUT2D eigenvalue weighted by atomic mass is 10.2. The van der Waals surface area contributed by atoms with E-state index < -0.39 is 0 Å². The zero-order valence-corrected chi connectivity index (χ0v) is 9.95. The zero-order valence-electron chi connectivity index (χ0n) is 9.95. The summed E-state index contributed by atoms with van der Waals surface area (Å²) in [6.45, 7) is 4.51. The van der Waals surface area contributed by atoms with Gasteiger partial charge in [-0.2, -0.15) is 0 Å². The van der Waals surface area contributed by atoms with Crippen molar-refractivity contribution in [1.29, 1.82) is 0 Å². The first-order valence-corrected chi connectivity index (χ1v) is 5.30. The molecule has 0 bridgehead atoms. The highest BCUT2D eigenvalue weighted by Crippen LogP contribution is 1.94. The van der Waals surface area contributed by atoms with Crippen molar-refractivity contribution in [1.82, 2.24) is 10.2 Å². The molecule has 0 rings (SSSR count). The van der Waals surface area contributed by atoms with Gasteiger partial charge in [-0.05, 0) is 20.4 Å². The second-order valence-corrected chi connectivity index (χ2v) is 3.58. The van der Waals surface area contributed by atoms with Crippen molar-refractivity contribution < 1.29 is 9.53 Å². The largest absolute Gasteiger partial charge is 0.385 e. The molecule has 0 aromatic carbocycles. The maximum absolute atomic E-state index is 11.6. The van der Waals surface area contributed by atoms with E-state index >= 15 is 0 Å². The third kappa shape index (κ3) is 6.43. The summed E-state index contributed by atoms with van der Waals surface area (Å²) in [4.78, 5) is 13.5. The Morgan fingerprint density at radius 1 is 1.60 bits per heavy atom. The number of carbonyl (C=O) groups excluding carboxylic acids is 1. The van der Waals surface area contributed by atoms with E-state index in [2.05, 4.69) is 5.32 Å². The van der Waals surface area contributed by atoms with Gasteiger partial charge >= 0.3 is 0 Å². The Labute approximate surface area is 91.9 Å². The molecule has 5 nitrogen and oxygen atoms in total. The Bertz CT molecular complexity index is 176. The standard InChI is InChI=1S/C10H23N3O2/c1-9(13(2)7-5-11)10(14)12-6-4-8-15-3/h9H,4-8,11H2,1-3H3,(H,12,14). The number of methoxy groups -OCH3 is 1. The van der Waals surface area contributed by atoms with Gasteiger partial charge in [0.25, 0.3) is 0 Å². The smallest absolute Gasteiger partial charge is 0.237 e. The van der Waals surface area contributed by atoms with Gasteiger partial charge in [0, 0.05) is 33.4 Å². The predicted molar refractivity (Wildman–Crippen MR) is 60.6 cm³/mol. The lowest BCUT2D eigenvalue weighted by Crippen LogP contribution is -2.45. The van der Waals surface area contributed by atoms with E-state index in [0.717, 1.165) is 13.0 Å². The molecule has 90 valence electrons. The lowest BCUT2D eigenvalue weighted by molar-refractivity contribution is -0.125. The molecule has 15 heavy (non-hydrogen) atoms. The molecule has 0 radical (unpaired) electrons. The molecular formula is C10H23N3O2. The highest BCUT2D eigenvalue weighted by atomic mass is 16.5. The average molecular weight is 217 g/mol. The molecule has 0 aliphatic carbocycles. The van der Waals surface area contributed by atoms with Gasteiger partial charge in [-0.1, -0.05) is 0 Å². The fourth-order valence-electron chi connectivity index (χ4n) is 1.17. The van der Waals surface area contributed by atoms with E-state index in [4.69, 9.17) is 10.5 Å². The summed E-state index contributed by atoms with van der Waals surface area (Å²) in [6.07, 6.45) is 0.843. The molecule has 1 amide bonds. The first-order chi connectivity index (χ1) is 7.13. The number of carbonyl (C=O) groups is 1. The van der Waals surface area contributed by atoms with Crippen LogP contribution in [0.5, 0.6) is 0 Å². The van der Waals surface area contributed by atoms with Crippen LogP contribution in [-0.2, 0) is 9.53 Å². The van der Waals surface area contributed by atoms with Crippen molar-refractivity contribution in [2.75, 3.05) is 40.4 Å². The number of hydrogen-bond donors (Lipinski definition) is 2. The maximum atomic E-state index is 11.6. The molecule has 0 saturated heterocycles. The number of nitrogens with zero attached hydrogens (tertiary/aromatic N) is 1. The van der Waals surface area contributed by atoms with E-state index in [0.29, 0.717) is 19.7 Å². The van der Waals surface area contributed by atoms with Gasteiger partial charge in [0.05, 0.1) is 6.04 Å². The van der Waals surface area contributed by atoms with Crippen LogP contribution in [-0.4, -0.2) is 57.2 Å². The number of ether oxygens (including phenoxy) is 1. The number of amides is 1. The number of hydrogen-bond acceptors (Lipinski definition) is 4. The van der Waals surface area contributed by atoms with Crippen LogP contribution in [0.4, 0.5) is 0 Å². The van der Waals surface area contributed by atoms with Crippen LogP contribution in [0.2, 0.25) is 0 Å². The summed E-state index contributed by atoms with van der Waals surface area (Å²) in [5.74, 6) is 0.0436. The molecule has 3 N–H and O–H groups in total. The minimum Gasteiger partial charge on any atom is -0.385 e. The Kier molecular flexibility index (Phi) is 8.27. The summed E-state index contributed by atoms with van der Waals surface area (Å²) in [7, 11) is 3.55. The molecule has 0 spiro atoms. The normalized spacial score (nSPS) is 12.9. The van der Waals surface area contributed by atoms with Crippen LogP contribution in [0.25, 0.3) is 0 Å². The zero-order chi connectivity index (χ0) is 11.7. The quantitative estimate of drug-likeness (QED) is 0.534. The Hall–Kier alpha value is -0.650.